The third-order valence-corrected chi connectivity index (χ3v) is 9.62. The van der Waals surface area contributed by atoms with Crippen molar-refractivity contribution in [3.63, 3.8) is 0 Å². The highest BCUT2D eigenvalue weighted by Crippen LogP contribution is 2.34. The zero-order valence-corrected chi connectivity index (χ0v) is 26.3. The van der Waals surface area contributed by atoms with Crippen LogP contribution < -0.4 is 19.1 Å². The average molecular weight is 608 g/mol. The van der Waals surface area contributed by atoms with E-state index in [4.69, 9.17) is 9.47 Å². The Morgan fingerprint density at radius 2 is 1.60 bits per heavy atom. The number of nitrogens with one attached hydrogen (secondary N) is 1. The molecule has 0 aliphatic heterocycles. The fourth-order valence-electron chi connectivity index (χ4n) is 5.29. The third-order valence-electron chi connectivity index (χ3n) is 7.85. The van der Waals surface area contributed by atoms with Gasteiger partial charge in [-0.25, -0.2) is 8.42 Å². The maximum Gasteiger partial charge on any atom is 0.264 e. The number of methoxy groups -OCH3 is 2. The smallest absolute Gasteiger partial charge is 0.264 e. The molecule has 1 aliphatic rings. The summed E-state index contributed by atoms with van der Waals surface area (Å²) >= 11 is 0. The van der Waals surface area contributed by atoms with E-state index in [-0.39, 0.29) is 29.1 Å². The van der Waals surface area contributed by atoms with Gasteiger partial charge in [-0.15, -0.1) is 0 Å². The van der Waals surface area contributed by atoms with Gasteiger partial charge in [-0.3, -0.25) is 13.9 Å². The number of hydrogen-bond acceptors (Lipinski definition) is 6. The van der Waals surface area contributed by atoms with Crippen LogP contribution in [-0.2, 0) is 26.2 Å². The highest BCUT2D eigenvalue weighted by Gasteiger charge is 2.34. The third kappa shape index (κ3) is 7.67. The fourth-order valence-corrected chi connectivity index (χ4v) is 6.70. The lowest BCUT2D eigenvalue weighted by Crippen LogP contribution is -2.52. The zero-order chi connectivity index (χ0) is 31.1. The molecule has 3 aromatic carbocycles. The van der Waals surface area contributed by atoms with Gasteiger partial charge < -0.3 is 19.7 Å². The van der Waals surface area contributed by atoms with E-state index in [9.17, 15) is 18.0 Å². The van der Waals surface area contributed by atoms with Crippen molar-refractivity contribution in [1.82, 2.24) is 10.2 Å². The summed E-state index contributed by atoms with van der Waals surface area (Å²) in [6.07, 6.45) is 3.90. The Balaban J connectivity index is 1.74. The molecular weight excluding hydrogens is 566 g/mol. The van der Waals surface area contributed by atoms with Crippen LogP contribution in [0, 0.1) is 13.8 Å². The number of benzene rings is 3. The molecule has 43 heavy (non-hydrogen) atoms. The molecule has 0 saturated heterocycles. The van der Waals surface area contributed by atoms with Gasteiger partial charge in [0.05, 0.1) is 24.8 Å². The van der Waals surface area contributed by atoms with E-state index in [0.717, 1.165) is 46.7 Å². The predicted octanol–water partition coefficient (Wildman–Crippen LogP) is 4.99. The topological polar surface area (TPSA) is 105 Å². The van der Waals surface area contributed by atoms with E-state index in [1.165, 1.54) is 24.1 Å². The van der Waals surface area contributed by atoms with Crippen molar-refractivity contribution >= 4 is 27.5 Å². The lowest BCUT2D eigenvalue weighted by atomic mass is 10.1. The highest BCUT2D eigenvalue weighted by atomic mass is 32.2. The number of nitrogens with zero attached hydrogens (tertiary/aromatic N) is 2. The van der Waals surface area contributed by atoms with Gasteiger partial charge in [-0.05, 0) is 81.1 Å². The summed E-state index contributed by atoms with van der Waals surface area (Å²) < 4.78 is 40.3. The summed E-state index contributed by atoms with van der Waals surface area (Å²) in [6, 6.07) is 18.1. The molecule has 1 saturated carbocycles. The molecule has 9 nitrogen and oxygen atoms in total. The van der Waals surface area contributed by atoms with Crippen LogP contribution in [0.2, 0.25) is 0 Å². The number of ether oxygens (including phenoxy) is 2. The number of carbonyl (C=O) groups excluding carboxylic acids is 2. The van der Waals surface area contributed by atoms with Gasteiger partial charge in [-0.1, -0.05) is 48.7 Å². The molecular formula is C33H41N3O6S. The molecule has 1 N–H and O–H groups in total. The maximum atomic E-state index is 14.3. The molecule has 1 fully saturated rings. The molecule has 230 valence electrons. The van der Waals surface area contributed by atoms with Crippen LogP contribution in [-0.4, -0.2) is 58.0 Å². The van der Waals surface area contributed by atoms with Crippen molar-refractivity contribution in [1.29, 1.82) is 0 Å². The number of hydrogen-bond donors (Lipinski definition) is 1. The van der Waals surface area contributed by atoms with Crippen LogP contribution in [0.25, 0.3) is 0 Å². The lowest BCUT2D eigenvalue weighted by Gasteiger charge is -2.33. The minimum Gasteiger partial charge on any atom is -0.497 e. The Bertz CT molecular complexity index is 1530. The second-order valence-electron chi connectivity index (χ2n) is 11.0. The van der Waals surface area contributed by atoms with Gasteiger partial charge in [0.2, 0.25) is 11.8 Å². The van der Waals surface area contributed by atoms with Crippen molar-refractivity contribution < 1.29 is 27.5 Å². The van der Waals surface area contributed by atoms with E-state index in [0.29, 0.717) is 11.5 Å². The molecule has 0 aromatic heterocycles. The minimum atomic E-state index is -4.21. The highest BCUT2D eigenvalue weighted by molar-refractivity contribution is 7.92. The largest absolute Gasteiger partial charge is 0.497 e. The molecule has 3 aromatic rings. The zero-order valence-electron chi connectivity index (χ0n) is 25.5. The molecule has 0 heterocycles. The normalized spacial score (nSPS) is 14.2. The van der Waals surface area contributed by atoms with Gasteiger partial charge in [0.25, 0.3) is 10.0 Å². The van der Waals surface area contributed by atoms with Crippen LogP contribution in [0.1, 0.15) is 49.3 Å². The van der Waals surface area contributed by atoms with Gasteiger partial charge in [0.1, 0.15) is 24.1 Å². The van der Waals surface area contributed by atoms with Crippen molar-refractivity contribution in [3.05, 3.63) is 83.4 Å². The molecule has 0 bridgehead atoms. The van der Waals surface area contributed by atoms with Gasteiger partial charge >= 0.3 is 0 Å². The molecule has 0 radical (unpaired) electrons. The summed E-state index contributed by atoms with van der Waals surface area (Å²) in [6.45, 7) is 4.93. The van der Waals surface area contributed by atoms with E-state index < -0.39 is 28.5 Å². The second-order valence-corrected chi connectivity index (χ2v) is 12.9. The Labute approximate surface area is 254 Å². The van der Waals surface area contributed by atoms with Gasteiger partial charge in [0.15, 0.2) is 0 Å². The summed E-state index contributed by atoms with van der Waals surface area (Å²) in [5.74, 6) is 0.113. The van der Waals surface area contributed by atoms with Crippen molar-refractivity contribution in [2.45, 2.75) is 70.0 Å². The average Bonchev–Trinajstić information content (AvgIpc) is 3.51. The Morgan fingerprint density at radius 3 is 2.26 bits per heavy atom. The molecule has 4 rings (SSSR count). The van der Waals surface area contributed by atoms with Gasteiger partial charge in [-0.2, -0.15) is 0 Å². The van der Waals surface area contributed by atoms with Crippen LogP contribution in [0.4, 0.5) is 5.69 Å². The van der Waals surface area contributed by atoms with E-state index in [1.807, 2.05) is 32.0 Å². The quantitative estimate of drug-likeness (QED) is 0.311. The first-order valence-corrected chi connectivity index (χ1v) is 15.9. The van der Waals surface area contributed by atoms with Crippen molar-refractivity contribution in [2.75, 3.05) is 25.1 Å². The molecule has 0 unspecified atom stereocenters. The number of anilines is 1. The van der Waals surface area contributed by atoms with Crippen LogP contribution in [0.15, 0.2) is 71.6 Å². The Kier molecular flexibility index (Phi) is 10.3. The second kappa shape index (κ2) is 13.9. The van der Waals surface area contributed by atoms with Crippen LogP contribution in [0.5, 0.6) is 11.5 Å². The van der Waals surface area contributed by atoms with Crippen molar-refractivity contribution in [2.24, 2.45) is 0 Å². The Morgan fingerprint density at radius 1 is 0.930 bits per heavy atom. The summed E-state index contributed by atoms with van der Waals surface area (Å²) in [7, 11) is -1.20. The van der Waals surface area contributed by atoms with Crippen molar-refractivity contribution in [3.8, 4) is 11.5 Å². The fraction of sp³-hybridized carbons (Fsp3) is 0.394. The Hall–Kier alpha value is -4.05. The lowest BCUT2D eigenvalue weighted by molar-refractivity contribution is -0.139. The van der Waals surface area contributed by atoms with Crippen LogP contribution >= 0.6 is 0 Å². The molecule has 1 aliphatic carbocycles. The maximum absolute atomic E-state index is 14.3. The number of rotatable bonds is 12. The number of sulfonamides is 1. The van der Waals surface area contributed by atoms with E-state index >= 15 is 0 Å². The van der Waals surface area contributed by atoms with E-state index in [2.05, 4.69) is 5.32 Å². The van der Waals surface area contributed by atoms with Gasteiger partial charge in [0, 0.05) is 12.6 Å². The first kappa shape index (κ1) is 31.9. The molecule has 10 heteroatoms. The summed E-state index contributed by atoms with van der Waals surface area (Å²) in [4.78, 5) is 29.2. The molecule has 1 atom stereocenters. The first-order valence-electron chi connectivity index (χ1n) is 14.5. The standard InChI is InChI=1S/C33H41N3O6S/c1-23-13-16-29(17-14-23)43(39,40)36(30-19-24(2)15-18-31(30)42-5)22-32(37)35(21-26-9-8-12-28(20-26)41-4)25(3)33(38)34-27-10-6-7-11-27/h8-9,12-20,25,27H,6-7,10-11,21-22H2,1-5H3,(H,34,38)/t25-/m1/s1. The first-order chi connectivity index (χ1) is 20.5. The monoisotopic (exact) mass is 607 g/mol. The number of carbonyl (C=O) groups is 2. The van der Waals surface area contributed by atoms with Crippen LogP contribution in [0.3, 0.4) is 0 Å². The molecule has 0 spiro atoms. The molecule has 2 amide bonds. The number of aryl methyl sites for hydroxylation is 2. The number of amides is 2. The van der Waals surface area contributed by atoms with E-state index in [1.54, 1.807) is 50.4 Å². The summed E-state index contributed by atoms with van der Waals surface area (Å²) in [5.41, 5.74) is 2.68. The predicted molar refractivity (Wildman–Crippen MR) is 167 cm³/mol. The minimum absolute atomic E-state index is 0.0424. The summed E-state index contributed by atoms with van der Waals surface area (Å²) in [5, 5.41) is 3.09. The SMILES string of the molecule is COc1cccc(CN(C(=O)CN(c2cc(C)ccc2OC)S(=O)(=O)c2ccc(C)cc2)[C@H](C)C(=O)NC2CCCC2)c1.